The zero-order chi connectivity index (χ0) is 34.2. The summed E-state index contributed by atoms with van der Waals surface area (Å²) in [5, 5.41) is 18.3. The third kappa shape index (κ3) is 13.5. The molecule has 6 aromatic rings. The summed E-state index contributed by atoms with van der Waals surface area (Å²) in [7, 11) is 0.628. The number of halogens is 3. The van der Waals surface area contributed by atoms with E-state index in [9.17, 15) is 9.90 Å². The molecule has 0 fully saturated rings. The van der Waals surface area contributed by atoms with Crippen molar-refractivity contribution in [2.24, 2.45) is 0 Å². The van der Waals surface area contributed by atoms with Crippen LogP contribution in [0.2, 0.25) is 0 Å². The number of pyridine rings is 2. The number of benzene rings is 2. The van der Waals surface area contributed by atoms with Crippen molar-refractivity contribution < 1.29 is 19.4 Å². The molecule has 6 rings (SSSR count). The maximum absolute atomic E-state index is 11.4. The standard InChI is InChI=1S/C14H10N2O2.C13H9BrN2.4C2H6.CH4.2HI.V/c17-14(18)12-11-8-4-5-9-16(11)15-13(12)10-6-2-1-3-7-10;14-12-11-8-4-5-9-16(11)15-13(12)10-6-2-1-3-7-10;4*1-2;;;;/h1-9H,(H,17,18);1-9H;4*1-2H3;1H4;2*1H;/q;;;;;;;;;+2/p-2. The first-order valence-corrected chi connectivity index (χ1v) is 24.7. The molecule has 1 N–H and O–H groups in total. The van der Waals surface area contributed by atoms with Crippen LogP contribution in [0.5, 0.6) is 0 Å². The second kappa shape index (κ2) is 27.9. The van der Waals surface area contributed by atoms with Gasteiger partial charge < -0.3 is 5.11 Å². The van der Waals surface area contributed by atoms with Gasteiger partial charge in [0.25, 0.3) is 0 Å². The minimum absolute atomic E-state index is 0. The fourth-order valence-corrected chi connectivity index (χ4v) is 4.38. The summed E-state index contributed by atoms with van der Waals surface area (Å²) < 4.78 is 4.51. The Balaban J connectivity index is 0. The van der Waals surface area contributed by atoms with Crippen LogP contribution < -0.4 is 0 Å². The summed E-state index contributed by atoms with van der Waals surface area (Å²) in [5.74, 6) is -0.963. The Morgan fingerprint density at radius 1 is 0.630 bits per heavy atom. The summed E-state index contributed by atoms with van der Waals surface area (Å²) in [4.78, 5) is 11.4. The molecule has 4 aromatic heterocycles. The molecule has 0 unspecified atom stereocenters. The van der Waals surface area contributed by atoms with Gasteiger partial charge in [-0.2, -0.15) is 10.2 Å². The van der Waals surface area contributed by atoms with Crippen molar-refractivity contribution in [3.05, 3.63) is 119 Å². The number of carbonyl (C=O) groups is 1. The fraction of sp³-hybridized carbons (Fsp3) is 0.250. The number of aromatic nitrogens is 4. The molecule has 4 heterocycles. The number of aromatic carboxylic acids is 1. The van der Waals surface area contributed by atoms with E-state index in [-0.39, 0.29) is 13.0 Å². The van der Waals surface area contributed by atoms with Crippen molar-refractivity contribution in [1.82, 2.24) is 19.2 Å². The monoisotopic (exact) mass is 951 g/mol. The molecule has 0 aliphatic heterocycles. The van der Waals surface area contributed by atoms with Gasteiger partial charge in [-0.1, -0.05) is 136 Å². The van der Waals surface area contributed by atoms with Crippen molar-refractivity contribution >= 4 is 72.9 Å². The normalized spacial score (nSPS) is 8.76. The molecule has 249 valence electrons. The van der Waals surface area contributed by atoms with E-state index in [1.807, 2.05) is 139 Å². The Morgan fingerprint density at radius 2 is 0.978 bits per heavy atom. The second-order valence-electron chi connectivity index (χ2n) is 7.55. The number of fused-ring (bicyclic) bond motifs is 2. The van der Waals surface area contributed by atoms with Gasteiger partial charge in [-0.25, -0.2) is 13.8 Å². The second-order valence-corrected chi connectivity index (χ2v) is 20.1. The van der Waals surface area contributed by atoms with Gasteiger partial charge in [-0.15, -0.1) is 0 Å². The van der Waals surface area contributed by atoms with Crippen molar-refractivity contribution in [2.45, 2.75) is 62.8 Å². The van der Waals surface area contributed by atoms with E-state index in [2.05, 4.69) is 78.2 Å². The number of hydrogen-bond donors (Lipinski definition) is 1. The van der Waals surface area contributed by atoms with Crippen LogP contribution in [0.1, 0.15) is 73.2 Å². The summed E-state index contributed by atoms with van der Waals surface area (Å²) in [5.41, 5.74) is 5.32. The van der Waals surface area contributed by atoms with Crippen molar-refractivity contribution in [3.8, 4) is 22.5 Å². The Hall–Kier alpha value is -2.19. The third-order valence-electron chi connectivity index (χ3n) is 5.33. The van der Waals surface area contributed by atoms with Gasteiger partial charge in [0, 0.05) is 23.5 Å². The Labute approximate surface area is 313 Å². The van der Waals surface area contributed by atoms with Crippen molar-refractivity contribution in [3.63, 3.8) is 0 Å². The predicted molar refractivity (Wildman–Crippen MR) is 216 cm³/mol. The number of nitrogens with zero attached hydrogens (tertiary/aromatic N) is 4. The first-order chi connectivity index (χ1) is 22.0. The first kappa shape index (κ1) is 45.9. The van der Waals surface area contributed by atoms with E-state index >= 15 is 0 Å². The van der Waals surface area contributed by atoms with E-state index in [0.717, 1.165) is 26.8 Å². The third-order valence-corrected chi connectivity index (χ3v) is 6.11. The van der Waals surface area contributed by atoms with E-state index in [1.165, 1.54) is 0 Å². The van der Waals surface area contributed by atoms with E-state index < -0.39 is 5.97 Å². The SMILES string of the molecule is Brc1c(-c2ccccc2)nn2ccccc12.C.CC.CC.CC.CC.O=C(O)c1c(-c2ccccc2)nn2ccccc12.[I][V][I]. The number of rotatable bonds is 3. The van der Waals surface area contributed by atoms with Gasteiger partial charge in [0.2, 0.25) is 0 Å². The van der Waals surface area contributed by atoms with Crippen molar-refractivity contribution in [2.75, 3.05) is 0 Å². The first-order valence-electron chi connectivity index (χ1n) is 14.9. The van der Waals surface area contributed by atoms with Crippen LogP contribution in [0, 0.1) is 0 Å². The number of carboxylic acid groups (broad SMARTS) is 1. The van der Waals surface area contributed by atoms with Crippen LogP contribution in [0.15, 0.2) is 114 Å². The fourth-order valence-electron chi connectivity index (χ4n) is 3.76. The van der Waals surface area contributed by atoms with Gasteiger partial charge in [0.15, 0.2) is 0 Å². The number of carboxylic acids is 1. The maximum atomic E-state index is 11.4. The summed E-state index contributed by atoms with van der Waals surface area (Å²) in [6.45, 7) is 16.0. The Bertz CT molecular complexity index is 1630. The van der Waals surface area contributed by atoms with Gasteiger partial charge in [-0.05, 0) is 40.2 Å². The quantitative estimate of drug-likeness (QED) is 0.179. The van der Waals surface area contributed by atoms with Gasteiger partial charge in [-0.3, -0.25) is 0 Å². The summed E-state index contributed by atoms with van der Waals surface area (Å²) in [6.07, 6.45) is 3.70. The van der Waals surface area contributed by atoms with Gasteiger partial charge in [0.1, 0.15) is 17.0 Å². The molecule has 6 nitrogen and oxygen atoms in total. The summed E-state index contributed by atoms with van der Waals surface area (Å²) in [6, 6.07) is 30.9. The van der Waals surface area contributed by atoms with Crippen LogP contribution in [0.25, 0.3) is 33.5 Å². The molecule has 0 bridgehead atoms. The van der Waals surface area contributed by atoms with Crippen LogP contribution in [-0.4, -0.2) is 30.3 Å². The predicted octanol–water partition coefficient (Wildman–Crippen LogP) is 13.0. The molecule has 0 spiro atoms. The van der Waals surface area contributed by atoms with E-state index in [0.29, 0.717) is 20.7 Å². The molecule has 46 heavy (non-hydrogen) atoms. The molecule has 0 aliphatic rings. The molecule has 0 atom stereocenters. The summed E-state index contributed by atoms with van der Waals surface area (Å²) >= 11 is 8.34. The van der Waals surface area contributed by atoms with Crippen LogP contribution in [0.3, 0.4) is 0 Å². The molecule has 0 saturated heterocycles. The average Bonchev–Trinajstić information content (AvgIpc) is 3.68. The van der Waals surface area contributed by atoms with Crippen LogP contribution in [-0.2, 0) is 9.47 Å². The molecule has 0 radical (unpaired) electrons. The molecule has 0 amide bonds. The van der Waals surface area contributed by atoms with E-state index in [4.69, 9.17) is 0 Å². The van der Waals surface area contributed by atoms with E-state index in [1.54, 1.807) is 22.8 Å². The Kier molecular flexibility index (Phi) is 27.8. The topological polar surface area (TPSA) is 71.9 Å². The Morgan fingerprint density at radius 3 is 1.39 bits per heavy atom. The molecule has 0 saturated carbocycles. The molecule has 10 heteroatoms. The molecule has 2 aromatic carbocycles. The van der Waals surface area contributed by atoms with Crippen LogP contribution in [0.4, 0.5) is 0 Å². The molecular weight excluding hydrogens is 905 g/mol. The minimum atomic E-state index is -0.963. The zero-order valence-electron chi connectivity index (χ0n) is 27.1. The van der Waals surface area contributed by atoms with Crippen molar-refractivity contribution in [1.29, 1.82) is 0 Å². The van der Waals surface area contributed by atoms with Gasteiger partial charge >= 0.3 is 55.4 Å². The van der Waals surface area contributed by atoms with Crippen LogP contribution >= 0.6 is 55.9 Å². The zero-order valence-corrected chi connectivity index (χ0v) is 34.4. The molecular formula is C36H47BrI2N4O2V. The van der Waals surface area contributed by atoms with Gasteiger partial charge in [0.05, 0.1) is 15.5 Å². The molecule has 0 aliphatic carbocycles. The number of hydrogen-bond acceptors (Lipinski definition) is 3. The average molecular weight is 952 g/mol.